The fourth-order valence-corrected chi connectivity index (χ4v) is 4.31. The molecule has 5 nitrogen and oxygen atoms in total. The van der Waals surface area contributed by atoms with Crippen LogP contribution in [0.4, 0.5) is 0 Å². The van der Waals surface area contributed by atoms with Crippen LogP contribution in [-0.4, -0.2) is 22.7 Å². The molecule has 1 aliphatic heterocycles. The van der Waals surface area contributed by atoms with Gasteiger partial charge in [-0.15, -0.1) is 0 Å². The zero-order valence-corrected chi connectivity index (χ0v) is 11.6. The zero-order chi connectivity index (χ0) is 14.2. The van der Waals surface area contributed by atoms with Crippen LogP contribution >= 0.6 is 0 Å². The van der Waals surface area contributed by atoms with E-state index in [1.165, 1.54) is 0 Å². The summed E-state index contributed by atoms with van der Waals surface area (Å²) in [5, 5.41) is 0.995. The van der Waals surface area contributed by atoms with Gasteiger partial charge in [0, 0.05) is 5.92 Å². The molecule has 2 bridgehead atoms. The number of amides is 3. The van der Waals surface area contributed by atoms with Crippen molar-refractivity contribution in [1.29, 1.82) is 0 Å². The lowest BCUT2D eigenvalue weighted by molar-refractivity contribution is -0.150. The van der Waals surface area contributed by atoms with Crippen LogP contribution in [0.2, 0.25) is 0 Å². The highest BCUT2D eigenvalue weighted by Crippen LogP contribution is 2.65. The largest absolute Gasteiger partial charge is 0.273 e. The summed E-state index contributed by atoms with van der Waals surface area (Å²) >= 11 is 0. The first-order valence-corrected chi connectivity index (χ1v) is 7.37. The number of nitrogens with one attached hydrogen (secondary N) is 1. The van der Waals surface area contributed by atoms with E-state index in [-0.39, 0.29) is 47.3 Å². The molecule has 20 heavy (non-hydrogen) atoms. The van der Waals surface area contributed by atoms with Crippen molar-refractivity contribution in [3.8, 4) is 0 Å². The van der Waals surface area contributed by atoms with Crippen molar-refractivity contribution in [2.75, 3.05) is 0 Å². The van der Waals surface area contributed by atoms with E-state index < -0.39 is 0 Å². The minimum atomic E-state index is -0.282. The first kappa shape index (κ1) is 12.1. The summed E-state index contributed by atoms with van der Waals surface area (Å²) < 4.78 is 0. The van der Waals surface area contributed by atoms with Gasteiger partial charge in [-0.2, -0.15) is 5.01 Å². The van der Waals surface area contributed by atoms with E-state index in [1.807, 2.05) is 0 Å². The molecule has 5 rings (SSSR count). The Morgan fingerprint density at radius 2 is 1.65 bits per heavy atom. The second-order valence-corrected chi connectivity index (χ2v) is 6.80. The maximum Gasteiger partial charge on any atom is 0.252 e. The van der Waals surface area contributed by atoms with Crippen LogP contribution in [-0.2, 0) is 14.4 Å². The summed E-state index contributed by atoms with van der Waals surface area (Å²) in [5.74, 6) is 0.143. The Kier molecular flexibility index (Phi) is 2.25. The monoisotopic (exact) mass is 274 g/mol. The van der Waals surface area contributed by atoms with Crippen molar-refractivity contribution in [3.63, 3.8) is 0 Å². The van der Waals surface area contributed by atoms with E-state index in [0.717, 1.165) is 11.4 Å². The molecule has 4 aliphatic carbocycles. The Balaban J connectivity index is 1.63. The topological polar surface area (TPSA) is 66.5 Å². The highest BCUT2D eigenvalue weighted by molar-refractivity contribution is 6.07. The van der Waals surface area contributed by atoms with Crippen molar-refractivity contribution in [1.82, 2.24) is 10.4 Å². The second-order valence-electron chi connectivity index (χ2n) is 6.80. The van der Waals surface area contributed by atoms with Gasteiger partial charge in [0.15, 0.2) is 0 Å². The molecule has 0 aromatic heterocycles. The Morgan fingerprint density at radius 1 is 1.15 bits per heavy atom. The van der Waals surface area contributed by atoms with Gasteiger partial charge < -0.3 is 0 Å². The first-order valence-electron chi connectivity index (χ1n) is 7.37. The Morgan fingerprint density at radius 3 is 2.10 bits per heavy atom. The van der Waals surface area contributed by atoms with Crippen LogP contribution < -0.4 is 5.43 Å². The number of nitrogens with zero attached hydrogens (tertiary/aromatic N) is 1. The van der Waals surface area contributed by atoms with E-state index >= 15 is 0 Å². The summed E-state index contributed by atoms with van der Waals surface area (Å²) in [6, 6.07) is 0. The first-order chi connectivity index (χ1) is 9.50. The van der Waals surface area contributed by atoms with Gasteiger partial charge in [-0.3, -0.25) is 19.8 Å². The van der Waals surface area contributed by atoms with Crippen molar-refractivity contribution < 1.29 is 14.4 Å². The predicted octanol–water partition coefficient (Wildman–Crippen LogP) is 0.727. The summed E-state index contributed by atoms with van der Waals surface area (Å²) in [6.45, 7) is 3.49. The van der Waals surface area contributed by atoms with Crippen LogP contribution in [0.15, 0.2) is 12.2 Å². The summed E-state index contributed by atoms with van der Waals surface area (Å²) in [5.41, 5.74) is 2.50. The highest BCUT2D eigenvalue weighted by Gasteiger charge is 2.67. The van der Waals surface area contributed by atoms with Gasteiger partial charge >= 0.3 is 0 Å². The molecule has 0 aromatic carbocycles. The highest BCUT2D eigenvalue weighted by atomic mass is 16.2. The second kappa shape index (κ2) is 3.71. The lowest BCUT2D eigenvalue weighted by Crippen LogP contribution is -2.48. The molecule has 0 radical (unpaired) electrons. The maximum absolute atomic E-state index is 12.5. The van der Waals surface area contributed by atoms with Crippen molar-refractivity contribution in [2.24, 2.45) is 41.4 Å². The molecule has 1 saturated heterocycles. The molecule has 1 N–H and O–H groups in total. The minimum absolute atomic E-state index is 0.201. The number of hydrogen-bond acceptors (Lipinski definition) is 3. The standard InChI is InChI=1S/C15H18N2O3/c1-6(2)13(18)16-17-14(19)11-7-3-4-8(10-5-9(7)10)12(11)15(17)20/h3-4,6-12H,5H2,1-2H3,(H,16,18). The van der Waals surface area contributed by atoms with Gasteiger partial charge in [0.2, 0.25) is 5.91 Å². The van der Waals surface area contributed by atoms with Gasteiger partial charge in [0.05, 0.1) is 11.8 Å². The van der Waals surface area contributed by atoms with Crippen LogP contribution in [0, 0.1) is 41.4 Å². The molecule has 5 aliphatic rings. The van der Waals surface area contributed by atoms with Crippen LogP contribution in [0.25, 0.3) is 0 Å². The molecular formula is C15H18N2O3. The number of allylic oxidation sites excluding steroid dienone is 2. The smallest absolute Gasteiger partial charge is 0.252 e. The molecule has 3 amide bonds. The normalized spacial score (nSPS) is 43.9. The molecular weight excluding hydrogens is 256 g/mol. The SMILES string of the molecule is CC(C)C(=O)NN1C(=O)C2C3C=CC(C4CC34)C2C1=O. The molecule has 3 fully saturated rings. The predicted molar refractivity (Wildman–Crippen MR) is 69.5 cm³/mol. The van der Waals surface area contributed by atoms with Gasteiger partial charge in [-0.05, 0) is 30.1 Å². The van der Waals surface area contributed by atoms with Crippen molar-refractivity contribution in [2.45, 2.75) is 20.3 Å². The van der Waals surface area contributed by atoms with E-state index in [4.69, 9.17) is 0 Å². The van der Waals surface area contributed by atoms with E-state index in [2.05, 4.69) is 17.6 Å². The average molecular weight is 274 g/mol. The molecule has 2 saturated carbocycles. The third-order valence-electron chi connectivity index (χ3n) is 5.41. The fraction of sp³-hybridized carbons (Fsp3) is 0.667. The van der Waals surface area contributed by atoms with Gasteiger partial charge in [0.1, 0.15) is 0 Å². The van der Waals surface area contributed by atoms with Crippen LogP contribution in [0.3, 0.4) is 0 Å². The van der Waals surface area contributed by atoms with Crippen LogP contribution in [0.5, 0.6) is 0 Å². The van der Waals surface area contributed by atoms with Gasteiger partial charge in [-0.1, -0.05) is 26.0 Å². The Bertz CT molecular complexity index is 517. The molecule has 5 heteroatoms. The minimum Gasteiger partial charge on any atom is -0.273 e. The summed E-state index contributed by atoms with van der Waals surface area (Å²) in [4.78, 5) is 36.8. The third kappa shape index (κ3) is 1.35. The molecule has 0 aromatic rings. The Hall–Kier alpha value is -1.65. The quantitative estimate of drug-likeness (QED) is 0.596. The third-order valence-corrected chi connectivity index (χ3v) is 5.41. The van der Waals surface area contributed by atoms with Crippen molar-refractivity contribution >= 4 is 17.7 Å². The molecule has 106 valence electrons. The van der Waals surface area contributed by atoms with E-state index in [1.54, 1.807) is 13.8 Å². The number of rotatable bonds is 2. The molecule has 6 unspecified atom stereocenters. The molecule has 6 atom stereocenters. The van der Waals surface area contributed by atoms with Crippen LogP contribution in [0.1, 0.15) is 20.3 Å². The lowest BCUT2D eigenvalue weighted by atomic mass is 9.63. The fourth-order valence-electron chi connectivity index (χ4n) is 4.31. The molecule has 0 spiro atoms. The van der Waals surface area contributed by atoms with E-state index in [9.17, 15) is 14.4 Å². The molecule has 1 heterocycles. The number of carbonyl (C=O) groups is 3. The summed E-state index contributed by atoms with van der Waals surface area (Å²) in [6.07, 6.45) is 5.39. The lowest BCUT2D eigenvalue weighted by Gasteiger charge is -2.37. The Labute approximate surface area is 117 Å². The maximum atomic E-state index is 12.5. The number of carbonyl (C=O) groups excluding carboxylic acids is 3. The summed E-state index contributed by atoms with van der Waals surface area (Å²) in [7, 11) is 0. The number of hydrazine groups is 1. The number of hydrogen-bond donors (Lipinski definition) is 1. The zero-order valence-electron chi connectivity index (χ0n) is 11.6. The van der Waals surface area contributed by atoms with Crippen molar-refractivity contribution in [3.05, 3.63) is 12.2 Å². The number of imide groups is 1. The van der Waals surface area contributed by atoms with E-state index in [0.29, 0.717) is 11.8 Å². The van der Waals surface area contributed by atoms with Gasteiger partial charge in [-0.25, -0.2) is 0 Å². The average Bonchev–Trinajstić information content (AvgIpc) is 3.20. The van der Waals surface area contributed by atoms with Gasteiger partial charge in [0.25, 0.3) is 11.8 Å².